The van der Waals surface area contributed by atoms with Gasteiger partial charge in [-0.05, 0) is 76.5 Å². The Bertz CT molecular complexity index is 1250. The molecular formula is C27H35N5O3. The van der Waals surface area contributed by atoms with Gasteiger partial charge < -0.3 is 20.5 Å². The summed E-state index contributed by atoms with van der Waals surface area (Å²) in [6.45, 7) is 3.80. The van der Waals surface area contributed by atoms with Crippen LogP contribution in [0.2, 0.25) is 0 Å². The van der Waals surface area contributed by atoms with E-state index in [0.29, 0.717) is 23.3 Å². The van der Waals surface area contributed by atoms with Crippen molar-refractivity contribution in [2.24, 2.45) is 5.92 Å². The standard InChI is InChI=1S/C27H35N5O3/c1-27(2,34)19-10-12-20(13-11-19)31-16-18-14-22(25(30(3)4)15-21(18)29-31)28-26(33)24-7-5-6-23(32(24)35)17-8-9-17/h5-7,14-17,19-20,34H,8-13H2,1-4H3,(H,28,33). The van der Waals surface area contributed by atoms with E-state index in [0.717, 1.165) is 59.8 Å². The second kappa shape index (κ2) is 8.82. The molecule has 2 heterocycles. The van der Waals surface area contributed by atoms with Gasteiger partial charge in [0.15, 0.2) is 5.69 Å². The average molecular weight is 478 g/mol. The van der Waals surface area contributed by atoms with Crippen molar-refractivity contribution in [1.82, 2.24) is 9.78 Å². The predicted molar refractivity (Wildman–Crippen MR) is 137 cm³/mol. The molecule has 2 aliphatic rings. The molecule has 2 N–H and O–H groups in total. The van der Waals surface area contributed by atoms with Crippen molar-refractivity contribution < 1.29 is 14.6 Å². The van der Waals surface area contributed by atoms with Gasteiger partial charge in [0.05, 0.1) is 28.5 Å². The third kappa shape index (κ3) is 4.72. The largest absolute Gasteiger partial charge is 0.618 e. The number of rotatable bonds is 6. The van der Waals surface area contributed by atoms with E-state index in [2.05, 4.69) is 5.32 Å². The molecule has 35 heavy (non-hydrogen) atoms. The van der Waals surface area contributed by atoms with Crippen molar-refractivity contribution >= 4 is 28.2 Å². The van der Waals surface area contributed by atoms with Crippen LogP contribution in [0.3, 0.4) is 0 Å². The van der Waals surface area contributed by atoms with Crippen LogP contribution < -0.4 is 14.9 Å². The van der Waals surface area contributed by atoms with Crippen LogP contribution in [0.4, 0.5) is 11.4 Å². The minimum absolute atomic E-state index is 0.110. The highest BCUT2D eigenvalue weighted by Gasteiger charge is 2.34. The Kier molecular flexibility index (Phi) is 5.95. The number of aliphatic hydroxyl groups is 1. The van der Waals surface area contributed by atoms with Crippen LogP contribution in [0.25, 0.3) is 10.9 Å². The second-order valence-corrected chi connectivity index (χ2v) is 10.9. The van der Waals surface area contributed by atoms with Gasteiger partial charge in [-0.3, -0.25) is 9.48 Å². The highest BCUT2D eigenvalue weighted by Crippen LogP contribution is 2.39. The Morgan fingerprint density at radius 1 is 1.17 bits per heavy atom. The predicted octanol–water partition coefficient (Wildman–Crippen LogP) is 4.37. The maximum atomic E-state index is 13.1. The third-order valence-electron chi connectivity index (χ3n) is 7.64. The Balaban J connectivity index is 1.40. The summed E-state index contributed by atoms with van der Waals surface area (Å²) >= 11 is 0. The number of carbonyl (C=O) groups is 1. The average Bonchev–Trinajstić information content (AvgIpc) is 3.56. The molecule has 2 aliphatic carbocycles. The molecule has 2 fully saturated rings. The highest BCUT2D eigenvalue weighted by molar-refractivity contribution is 6.05. The molecule has 5 rings (SSSR count). The van der Waals surface area contributed by atoms with Gasteiger partial charge in [-0.15, -0.1) is 0 Å². The Hall–Kier alpha value is -3.13. The normalized spacial score (nSPS) is 20.7. The van der Waals surface area contributed by atoms with Crippen molar-refractivity contribution in [2.75, 3.05) is 24.3 Å². The van der Waals surface area contributed by atoms with E-state index in [1.54, 1.807) is 12.1 Å². The van der Waals surface area contributed by atoms with E-state index < -0.39 is 11.5 Å². The zero-order valence-corrected chi connectivity index (χ0v) is 21.0. The Labute approximate surface area is 206 Å². The van der Waals surface area contributed by atoms with Gasteiger partial charge in [-0.1, -0.05) is 0 Å². The Morgan fingerprint density at radius 2 is 1.89 bits per heavy atom. The summed E-state index contributed by atoms with van der Waals surface area (Å²) in [5.74, 6) is 0.161. The lowest BCUT2D eigenvalue weighted by Gasteiger charge is -2.35. The number of amides is 1. The number of hydrogen-bond donors (Lipinski definition) is 2. The summed E-state index contributed by atoms with van der Waals surface area (Å²) in [6.07, 6.45) is 7.95. The van der Waals surface area contributed by atoms with Gasteiger partial charge in [0.1, 0.15) is 0 Å². The van der Waals surface area contributed by atoms with E-state index in [-0.39, 0.29) is 11.6 Å². The fraction of sp³-hybridized carbons (Fsp3) is 0.519. The molecule has 2 aromatic heterocycles. The van der Waals surface area contributed by atoms with Gasteiger partial charge in [-0.2, -0.15) is 9.83 Å². The van der Waals surface area contributed by atoms with Crippen LogP contribution in [-0.4, -0.2) is 40.5 Å². The summed E-state index contributed by atoms with van der Waals surface area (Å²) in [5, 5.41) is 31.9. The molecule has 1 amide bonds. The zero-order chi connectivity index (χ0) is 24.9. The van der Waals surface area contributed by atoms with Crippen molar-refractivity contribution in [3.63, 3.8) is 0 Å². The number of aromatic nitrogens is 3. The van der Waals surface area contributed by atoms with Crippen molar-refractivity contribution in [1.29, 1.82) is 0 Å². The van der Waals surface area contributed by atoms with E-state index in [9.17, 15) is 15.1 Å². The molecule has 0 atom stereocenters. The second-order valence-electron chi connectivity index (χ2n) is 10.9. The molecule has 8 nitrogen and oxygen atoms in total. The SMILES string of the molecule is CN(C)c1cc2nn(C3CCC(C(C)(C)O)CC3)cc2cc1NC(=O)c1cccc(C2CC2)[n+]1[O-]. The number of carbonyl (C=O) groups excluding carboxylic acids is 1. The molecular weight excluding hydrogens is 442 g/mol. The maximum Gasteiger partial charge on any atom is 0.321 e. The number of pyridine rings is 1. The first-order valence-electron chi connectivity index (χ1n) is 12.6. The molecule has 2 saturated carbocycles. The highest BCUT2D eigenvalue weighted by atomic mass is 16.5. The lowest BCUT2D eigenvalue weighted by molar-refractivity contribution is -0.616. The number of hydrogen-bond acceptors (Lipinski definition) is 5. The summed E-state index contributed by atoms with van der Waals surface area (Å²) in [5.41, 5.74) is 2.48. The topological polar surface area (TPSA) is 97.3 Å². The van der Waals surface area contributed by atoms with E-state index in [1.807, 2.05) is 61.9 Å². The van der Waals surface area contributed by atoms with Crippen LogP contribution >= 0.6 is 0 Å². The number of anilines is 2. The van der Waals surface area contributed by atoms with Crippen molar-refractivity contribution in [3.05, 3.63) is 53.1 Å². The Morgan fingerprint density at radius 3 is 2.51 bits per heavy atom. The van der Waals surface area contributed by atoms with Crippen LogP contribution in [0.1, 0.15) is 80.5 Å². The van der Waals surface area contributed by atoms with Gasteiger partial charge >= 0.3 is 5.91 Å². The molecule has 0 unspecified atom stereocenters. The van der Waals surface area contributed by atoms with E-state index >= 15 is 0 Å². The molecule has 3 aromatic rings. The van der Waals surface area contributed by atoms with Gasteiger partial charge in [-0.25, -0.2) is 0 Å². The van der Waals surface area contributed by atoms with E-state index in [1.165, 1.54) is 0 Å². The lowest BCUT2D eigenvalue weighted by atomic mass is 9.77. The summed E-state index contributed by atoms with van der Waals surface area (Å²) in [7, 11) is 3.85. The van der Waals surface area contributed by atoms with Crippen LogP contribution in [0.15, 0.2) is 36.5 Å². The summed E-state index contributed by atoms with van der Waals surface area (Å²) in [6, 6.07) is 9.38. The molecule has 0 aliphatic heterocycles. The molecule has 8 heteroatoms. The maximum absolute atomic E-state index is 13.1. The third-order valence-corrected chi connectivity index (χ3v) is 7.64. The molecule has 186 valence electrons. The fourth-order valence-corrected chi connectivity index (χ4v) is 5.33. The van der Waals surface area contributed by atoms with Crippen molar-refractivity contribution in [2.45, 2.75) is 69.9 Å². The molecule has 0 bridgehead atoms. The smallest absolute Gasteiger partial charge is 0.321 e. The molecule has 1 aromatic carbocycles. The summed E-state index contributed by atoms with van der Waals surface area (Å²) in [4.78, 5) is 15.1. The zero-order valence-electron chi connectivity index (χ0n) is 21.0. The van der Waals surface area contributed by atoms with Crippen LogP contribution in [-0.2, 0) is 0 Å². The summed E-state index contributed by atoms with van der Waals surface area (Å²) < 4.78 is 2.82. The number of nitrogens with zero attached hydrogens (tertiary/aromatic N) is 4. The quantitative estimate of drug-likeness (QED) is 0.406. The van der Waals surface area contributed by atoms with Gasteiger partial charge in [0.25, 0.3) is 5.69 Å². The van der Waals surface area contributed by atoms with Gasteiger partial charge in [0, 0.05) is 43.7 Å². The van der Waals surface area contributed by atoms with Crippen LogP contribution in [0.5, 0.6) is 0 Å². The first kappa shape index (κ1) is 23.6. The molecule has 0 spiro atoms. The molecule has 0 saturated heterocycles. The number of fused-ring (bicyclic) bond motifs is 1. The first-order valence-corrected chi connectivity index (χ1v) is 12.6. The number of nitrogens with one attached hydrogen (secondary N) is 1. The van der Waals surface area contributed by atoms with Crippen molar-refractivity contribution in [3.8, 4) is 0 Å². The number of benzene rings is 1. The molecule has 0 radical (unpaired) electrons. The first-order chi connectivity index (χ1) is 16.6. The fourth-order valence-electron chi connectivity index (χ4n) is 5.33. The minimum atomic E-state index is -0.645. The monoisotopic (exact) mass is 477 g/mol. The van der Waals surface area contributed by atoms with Gasteiger partial charge in [0.2, 0.25) is 0 Å². The minimum Gasteiger partial charge on any atom is -0.618 e. The lowest BCUT2D eigenvalue weighted by Crippen LogP contribution is -2.40. The van der Waals surface area contributed by atoms with Crippen LogP contribution in [0, 0.1) is 11.1 Å². The van der Waals surface area contributed by atoms with E-state index in [4.69, 9.17) is 5.10 Å².